The Kier molecular flexibility index (Phi) is 3.56. The van der Waals surface area contributed by atoms with E-state index in [2.05, 4.69) is 9.71 Å². The summed E-state index contributed by atoms with van der Waals surface area (Å²) in [4.78, 5) is 4.39. The van der Waals surface area contributed by atoms with Crippen molar-refractivity contribution >= 4 is 55.2 Å². The molecule has 0 saturated heterocycles. The number of imidazole rings is 1. The third-order valence-electron chi connectivity index (χ3n) is 2.60. The number of nitrogens with zero attached hydrogens (tertiary/aromatic N) is 2. The minimum Gasteiger partial charge on any atom is -0.278 e. The van der Waals surface area contributed by atoms with Crippen LogP contribution in [0.5, 0.6) is 0 Å². The molecule has 0 unspecified atom stereocenters. The van der Waals surface area contributed by atoms with E-state index in [1.165, 1.54) is 34.1 Å². The Labute approximate surface area is 133 Å². The number of hydrogen-bond donors (Lipinski definition) is 1. The SMILES string of the molecule is O=S(=O)(Nc1ccc(Cl)c(F)c1)c1c(Cl)nc2sccn12. The average molecular weight is 366 g/mol. The van der Waals surface area contributed by atoms with Gasteiger partial charge in [0.15, 0.2) is 15.1 Å². The predicted octanol–water partition coefficient (Wildman–Crippen LogP) is 3.64. The zero-order chi connectivity index (χ0) is 15.2. The van der Waals surface area contributed by atoms with Crippen molar-refractivity contribution < 1.29 is 12.8 Å². The van der Waals surface area contributed by atoms with Gasteiger partial charge in [-0.25, -0.2) is 9.37 Å². The van der Waals surface area contributed by atoms with Crippen LogP contribution in [0.2, 0.25) is 10.2 Å². The van der Waals surface area contributed by atoms with Crippen LogP contribution < -0.4 is 4.72 Å². The number of aromatic nitrogens is 2. The average Bonchev–Trinajstić information content (AvgIpc) is 2.92. The monoisotopic (exact) mass is 365 g/mol. The van der Waals surface area contributed by atoms with Gasteiger partial charge < -0.3 is 0 Å². The molecule has 1 aromatic carbocycles. The lowest BCUT2D eigenvalue weighted by molar-refractivity contribution is 0.596. The number of halogens is 3. The highest BCUT2D eigenvalue weighted by Gasteiger charge is 2.25. The van der Waals surface area contributed by atoms with Gasteiger partial charge in [-0.05, 0) is 18.2 Å². The second-order valence-electron chi connectivity index (χ2n) is 4.00. The highest BCUT2D eigenvalue weighted by Crippen LogP contribution is 2.28. The van der Waals surface area contributed by atoms with Crippen LogP contribution in [0.25, 0.3) is 4.96 Å². The van der Waals surface area contributed by atoms with Crippen LogP contribution in [0.3, 0.4) is 0 Å². The van der Waals surface area contributed by atoms with E-state index in [1.807, 2.05) is 0 Å². The quantitative estimate of drug-likeness (QED) is 0.770. The second-order valence-corrected chi connectivity index (χ2v) is 7.23. The molecule has 0 atom stereocenters. The molecule has 0 radical (unpaired) electrons. The van der Waals surface area contributed by atoms with Crippen LogP contribution in [-0.2, 0) is 10.0 Å². The summed E-state index contributed by atoms with van der Waals surface area (Å²) in [7, 11) is -4.01. The maximum absolute atomic E-state index is 13.4. The van der Waals surface area contributed by atoms with Crippen LogP contribution >= 0.6 is 34.5 Å². The Morgan fingerprint density at radius 3 is 2.81 bits per heavy atom. The minimum absolute atomic E-state index is 0.0400. The second kappa shape index (κ2) is 5.13. The van der Waals surface area contributed by atoms with E-state index in [4.69, 9.17) is 23.2 Å². The van der Waals surface area contributed by atoms with E-state index in [9.17, 15) is 12.8 Å². The van der Waals surface area contributed by atoms with E-state index < -0.39 is 15.8 Å². The van der Waals surface area contributed by atoms with E-state index in [-0.39, 0.29) is 20.9 Å². The summed E-state index contributed by atoms with van der Waals surface area (Å²) < 4.78 is 41.7. The Balaban J connectivity index is 2.06. The first kappa shape index (κ1) is 14.6. The summed E-state index contributed by atoms with van der Waals surface area (Å²) in [6, 6.07) is 3.59. The molecule has 110 valence electrons. The molecule has 0 saturated carbocycles. The molecule has 2 aromatic heterocycles. The lowest BCUT2D eigenvalue weighted by Crippen LogP contribution is -2.15. The number of thiazole rings is 1. The van der Waals surface area contributed by atoms with Crippen LogP contribution in [0.1, 0.15) is 0 Å². The molecule has 2 heterocycles. The summed E-state index contributed by atoms with van der Waals surface area (Å²) in [6.45, 7) is 0. The van der Waals surface area contributed by atoms with Crippen molar-refractivity contribution in [2.24, 2.45) is 0 Å². The molecule has 0 fully saturated rings. The summed E-state index contributed by atoms with van der Waals surface area (Å²) in [6.07, 6.45) is 1.54. The van der Waals surface area contributed by atoms with Gasteiger partial charge in [0.05, 0.1) is 10.7 Å². The molecule has 0 amide bonds. The summed E-state index contributed by atoms with van der Waals surface area (Å²) in [5, 5.41) is 1.24. The molecular formula is C11H6Cl2FN3O2S2. The van der Waals surface area contributed by atoms with Gasteiger partial charge in [0.25, 0.3) is 10.0 Å². The van der Waals surface area contributed by atoms with Gasteiger partial charge in [0.2, 0.25) is 0 Å². The lowest BCUT2D eigenvalue weighted by atomic mass is 10.3. The standard InChI is InChI=1S/C11H6Cl2FN3O2S2/c12-7-2-1-6(5-8(7)14)16-21(18,19)10-9(13)15-11-17(10)3-4-20-11/h1-5,16H. The van der Waals surface area contributed by atoms with E-state index in [0.29, 0.717) is 4.96 Å². The molecule has 0 spiro atoms. The van der Waals surface area contributed by atoms with E-state index in [0.717, 1.165) is 6.07 Å². The molecule has 3 aromatic rings. The van der Waals surface area contributed by atoms with Gasteiger partial charge in [-0.1, -0.05) is 23.2 Å². The third-order valence-corrected chi connectivity index (χ3v) is 5.45. The molecule has 5 nitrogen and oxygen atoms in total. The maximum atomic E-state index is 13.4. The van der Waals surface area contributed by atoms with Crippen molar-refractivity contribution in [1.82, 2.24) is 9.38 Å². The van der Waals surface area contributed by atoms with Crippen molar-refractivity contribution in [3.63, 3.8) is 0 Å². The Hall–Kier alpha value is -1.35. The number of fused-ring (bicyclic) bond motifs is 1. The first-order valence-electron chi connectivity index (χ1n) is 5.47. The van der Waals surface area contributed by atoms with Gasteiger partial charge in [0.1, 0.15) is 5.82 Å². The fourth-order valence-corrected chi connectivity index (χ4v) is 4.36. The van der Waals surface area contributed by atoms with Crippen molar-refractivity contribution in [3.05, 3.63) is 45.8 Å². The summed E-state index contributed by atoms with van der Waals surface area (Å²) in [5.41, 5.74) is 0.0400. The number of anilines is 1. The summed E-state index contributed by atoms with van der Waals surface area (Å²) in [5.74, 6) is -0.725. The van der Waals surface area contributed by atoms with Gasteiger partial charge in [0, 0.05) is 11.6 Å². The Morgan fingerprint density at radius 1 is 1.33 bits per heavy atom. The van der Waals surface area contributed by atoms with E-state index in [1.54, 1.807) is 5.38 Å². The van der Waals surface area contributed by atoms with Gasteiger partial charge in [-0.3, -0.25) is 9.12 Å². The van der Waals surface area contributed by atoms with Crippen LogP contribution in [0.15, 0.2) is 34.8 Å². The zero-order valence-electron chi connectivity index (χ0n) is 10.0. The van der Waals surface area contributed by atoms with Crippen LogP contribution in [-0.4, -0.2) is 17.8 Å². The number of benzene rings is 1. The largest absolute Gasteiger partial charge is 0.281 e. The van der Waals surface area contributed by atoms with Crippen molar-refractivity contribution in [2.75, 3.05) is 4.72 Å². The molecule has 0 bridgehead atoms. The van der Waals surface area contributed by atoms with Crippen molar-refractivity contribution in [1.29, 1.82) is 0 Å². The lowest BCUT2D eigenvalue weighted by Gasteiger charge is -2.08. The smallest absolute Gasteiger partial charge is 0.278 e. The fraction of sp³-hybridized carbons (Fsp3) is 0. The maximum Gasteiger partial charge on any atom is 0.281 e. The van der Waals surface area contributed by atoms with Crippen LogP contribution in [0, 0.1) is 5.82 Å². The molecule has 0 aliphatic carbocycles. The first-order valence-corrected chi connectivity index (χ1v) is 8.59. The molecule has 0 aliphatic rings. The van der Waals surface area contributed by atoms with Gasteiger partial charge in [-0.2, -0.15) is 8.42 Å². The topological polar surface area (TPSA) is 63.5 Å². The van der Waals surface area contributed by atoms with Crippen molar-refractivity contribution in [2.45, 2.75) is 5.03 Å². The van der Waals surface area contributed by atoms with Crippen molar-refractivity contribution in [3.8, 4) is 0 Å². The Bertz CT molecular complexity index is 936. The number of hydrogen-bond acceptors (Lipinski definition) is 4. The molecule has 3 rings (SSSR count). The number of nitrogens with one attached hydrogen (secondary N) is 1. The number of rotatable bonds is 3. The first-order chi connectivity index (χ1) is 9.88. The summed E-state index contributed by atoms with van der Waals surface area (Å²) >= 11 is 12.7. The van der Waals surface area contributed by atoms with Crippen LogP contribution in [0.4, 0.5) is 10.1 Å². The molecule has 21 heavy (non-hydrogen) atoms. The molecule has 10 heteroatoms. The van der Waals surface area contributed by atoms with Gasteiger partial charge >= 0.3 is 0 Å². The number of sulfonamides is 1. The Morgan fingerprint density at radius 2 is 2.10 bits per heavy atom. The van der Waals surface area contributed by atoms with E-state index >= 15 is 0 Å². The zero-order valence-corrected chi connectivity index (χ0v) is 13.2. The highest BCUT2D eigenvalue weighted by atomic mass is 35.5. The predicted molar refractivity (Wildman–Crippen MR) is 80.3 cm³/mol. The highest BCUT2D eigenvalue weighted by molar-refractivity contribution is 7.92. The third kappa shape index (κ3) is 2.59. The molecule has 0 aliphatic heterocycles. The van der Waals surface area contributed by atoms with Gasteiger partial charge in [-0.15, -0.1) is 11.3 Å². The molecular weight excluding hydrogens is 360 g/mol. The fourth-order valence-electron chi connectivity index (χ4n) is 1.74. The molecule has 1 N–H and O–H groups in total. The minimum atomic E-state index is -4.01. The normalized spacial score (nSPS) is 12.0.